The van der Waals surface area contributed by atoms with Crippen LogP contribution >= 0.6 is 11.8 Å². The molecule has 2 unspecified atom stereocenters. The molecule has 6 heteroatoms. The Morgan fingerprint density at radius 2 is 2.07 bits per heavy atom. The summed E-state index contributed by atoms with van der Waals surface area (Å²) >= 11 is 1.69. The molecule has 0 aliphatic carbocycles. The highest BCUT2D eigenvalue weighted by molar-refractivity contribution is 7.99. The van der Waals surface area contributed by atoms with E-state index in [0.717, 1.165) is 17.9 Å². The minimum absolute atomic E-state index is 0.118. The van der Waals surface area contributed by atoms with Gasteiger partial charge in [0.05, 0.1) is 6.10 Å². The van der Waals surface area contributed by atoms with Crippen molar-refractivity contribution >= 4 is 11.8 Å². The third-order valence-electron chi connectivity index (χ3n) is 2.29. The van der Waals surface area contributed by atoms with E-state index in [-0.39, 0.29) is 18.6 Å². The lowest BCUT2D eigenvalue weighted by Crippen LogP contribution is -2.20. The maximum atomic E-state index is 11.7. The lowest BCUT2D eigenvalue weighted by atomic mass is 10.0. The normalized spacial score (nSPS) is 27.2. The molecular formula is C9H15F3O2S. The molecule has 0 aromatic carbocycles. The van der Waals surface area contributed by atoms with E-state index in [0.29, 0.717) is 6.42 Å². The van der Waals surface area contributed by atoms with Gasteiger partial charge in [-0.25, -0.2) is 0 Å². The largest absolute Gasteiger partial charge is 0.411 e. The van der Waals surface area contributed by atoms with Gasteiger partial charge >= 0.3 is 6.18 Å². The lowest BCUT2D eigenvalue weighted by Gasteiger charge is -2.13. The van der Waals surface area contributed by atoms with Crippen molar-refractivity contribution in [1.82, 2.24) is 0 Å². The topological polar surface area (TPSA) is 29.5 Å². The van der Waals surface area contributed by atoms with Gasteiger partial charge in [-0.3, -0.25) is 0 Å². The minimum Gasteiger partial charge on any atom is -0.392 e. The first-order chi connectivity index (χ1) is 6.99. The highest BCUT2D eigenvalue weighted by Crippen LogP contribution is 2.27. The monoisotopic (exact) mass is 244 g/mol. The first-order valence-corrected chi connectivity index (χ1v) is 6.05. The quantitative estimate of drug-likeness (QED) is 0.751. The summed E-state index contributed by atoms with van der Waals surface area (Å²) in [6.07, 6.45) is -3.20. The van der Waals surface area contributed by atoms with Crippen molar-refractivity contribution in [2.24, 2.45) is 5.92 Å². The molecule has 15 heavy (non-hydrogen) atoms. The van der Waals surface area contributed by atoms with Gasteiger partial charge in [0.15, 0.2) is 0 Å². The molecule has 1 fully saturated rings. The molecule has 1 heterocycles. The van der Waals surface area contributed by atoms with E-state index in [2.05, 4.69) is 4.74 Å². The van der Waals surface area contributed by atoms with Gasteiger partial charge in [-0.1, -0.05) is 0 Å². The number of ether oxygens (including phenoxy) is 1. The zero-order valence-electron chi connectivity index (χ0n) is 8.29. The summed E-state index contributed by atoms with van der Waals surface area (Å²) in [5, 5.41) is 9.43. The Kier molecular flexibility index (Phi) is 5.22. The summed E-state index contributed by atoms with van der Waals surface area (Å²) < 4.78 is 39.5. The molecule has 0 radical (unpaired) electrons. The Labute approximate surface area is 91.2 Å². The van der Waals surface area contributed by atoms with Crippen LogP contribution in [0.3, 0.4) is 0 Å². The maximum absolute atomic E-state index is 11.7. The number of aliphatic hydroxyl groups excluding tert-OH is 1. The summed E-state index contributed by atoms with van der Waals surface area (Å²) in [7, 11) is 0. The second kappa shape index (κ2) is 5.96. The van der Waals surface area contributed by atoms with Crippen LogP contribution in [0.5, 0.6) is 0 Å². The third-order valence-corrected chi connectivity index (χ3v) is 3.54. The fourth-order valence-electron chi connectivity index (χ4n) is 1.50. The smallest absolute Gasteiger partial charge is 0.392 e. The Morgan fingerprint density at radius 1 is 1.33 bits per heavy atom. The molecular weight excluding hydrogens is 229 g/mol. The summed E-state index contributed by atoms with van der Waals surface area (Å²) in [5.41, 5.74) is 0. The summed E-state index contributed by atoms with van der Waals surface area (Å²) in [6.45, 7) is -1.05. The highest BCUT2D eigenvalue weighted by Gasteiger charge is 2.28. The number of rotatable bonds is 5. The second-order valence-electron chi connectivity index (χ2n) is 3.67. The lowest BCUT2D eigenvalue weighted by molar-refractivity contribution is -0.174. The summed E-state index contributed by atoms with van der Waals surface area (Å²) in [5.74, 6) is 1.87. The van der Waals surface area contributed by atoms with Crippen LogP contribution in [-0.2, 0) is 4.74 Å². The molecule has 1 N–H and O–H groups in total. The van der Waals surface area contributed by atoms with Crippen molar-refractivity contribution in [3.05, 3.63) is 0 Å². The molecule has 0 saturated carbocycles. The molecule has 0 aromatic rings. The first-order valence-electron chi connectivity index (χ1n) is 4.89. The van der Waals surface area contributed by atoms with Gasteiger partial charge in [-0.15, -0.1) is 0 Å². The second-order valence-corrected chi connectivity index (χ2v) is 4.75. The van der Waals surface area contributed by atoms with E-state index in [1.165, 1.54) is 0 Å². The van der Waals surface area contributed by atoms with Crippen molar-refractivity contribution in [3.8, 4) is 0 Å². The number of halogens is 3. The zero-order valence-corrected chi connectivity index (χ0v) is 9.11. The summed E-state index contributed by atoms with van der Waals surface area (Å²) in [6, 6.07) is 0. The van der Waals surface area contributed by atoms with Crippen molar-refractivity contribution in [2.45, 2.75) is 25.1 Å². The Balaban J connectivity index is 1.97. The molecule has 2 nitrogen and oxygen atoms in total. The molecule has 90 valence electrons. The fourth-order valence-corrected chi connectivity index (χ4v) is 2.84. The van der Waals surface area contributed by atoms with Gasteiger partial charge in [-0.05, 0) is 24.5 Å². The number of hydrogen-bond donors (Lipinski definition) is 1. The molecule has 2 atom stereocenters. The molecule has 1 saturated heterocycles. The predicted octanol–water partition coefficient (Wildman–Crippen LogP) is 2.07. The van der Waals surface area contributed by atoms with E-state index in [4.69, 9.17) is 0 Å². The molecule has 1 aliphatic heterocycles. The fraction of sp³-hybridized carbons (Fsp3) is 1.00. The number of aliphatic hydroxyl groups is 1. The van der Waals surface area contributed by atoms with E-state index >= 15 is 0 Å². The van der Waals surface area contributed by atoms with Crippen LogP contribution in [0.1, 0.15) is 12.8 Å². The van der Waals surface area contributed by atoms with Gasteiger partial charge in [0, 0.05) is 12.4 Å². The van der Waals surface area contributed by atoms with Crippen molar-refractivity contribution in [2.75, 3.05) is 24.7 Å². The minimum atomic E-state index is -4.23. The molecule has 1 aliphatic rings. The van der Waals surface area contributed by atoms with Crippen LogP contribution in [0.25, 0.3) is 0 Å². The Morgan fingerprint density at radius 3 is 2.60 bits per heavy atom. The molecule has 0 spiro atoms. The van der Waals surface area contributed by atoms with Crippen molar-refractivity contribution < 1.29 is 23.0 Å². The molecule has 1 rings (SSSR count). The number of alkyl halides is 3. The zero-order chi connectivity index (χ0) is 11.3. The van der Waals surface area contributed by atoms with E-state index in [1.807, 2.05) is 0 Å². The van der Waals surface area contributed by atoms with Crippen LogP contribution < -0.4 is 0 Å². The first kappa shape index (κ1) is 13.1. The van der Waals surface area contributed by atoms with Crippen LogP contribution in [0.2, 0.25) is 0 Å². The molecule has 0 aromatic heterocycles. The average Bonchev–Trinajstić information content (AvgIpc) is 2.49. The van der Waals surface area contributed by atoms with E-state index in [9.17, 15) is 18.3 Å². The SMILES string of the molecule is OC1CSCC1CCCOCC(F)(F)F. The highest BCUT2D eigenvalue weighted by atomic mass is 32.2. The Bertz CT molecular complexity index is 187. The van der Waals surface area contributed by atoms with Gasteiger partial charge in [0.2, 0.25) is 0 Å². The van der Waals surface area contributed by atoms with Crippen molar-refractivity contribution in [1.29, 1.82) is 0 Å². The van der Waals surface area contributed by atoms with E-state index < -0.39 is 12.8 Å². The van der Waals surface area contributed by atoms with E-state index in [1.54, 1.807) is 11.8 Å². The van der Waals surface area contributed by atoms with Gasteiger partial charge in [0.1, 0.15) is 6.61 Å². The molecule has 0 bridgehead atoms. The van der Waals surface area contributed by atoms with Crippen LogP contribution in [-0.4, -0.2) is 42.1 Å². The van der Waals surface area contributed by atoms with Gasteiger partial charge < -0.3 is 9.84 Å². The van der Waals surface area contributed by atoms with Crippen molar-refractivity contribution in [3.63, 3.8) is 0 Å². The van der Waals surface area contributed by atoms with Gasteiger partial charge in [0.25, 0.3) is 0 Å². The molecule has 0 amide bonds. The van der Waals surface area contributed by atoms with Gasteiger partial charge in [-0.2, -0.15) is 24.9 Å². The summed E-state index contributed by atoms with van der Waals surface area (Å²) in [4.78, 5) is 0. The van der Waals surface area contributed by atoms with Crippen LogP contribution in [0, 0.1) is 5.92 Å². The average molecular weight is 244 g/mol. The van der Waals surface area contributed by atoms with Crippen LogP contribution in [0.4, 0.5) is 13.2 Å². The predicted molar refractivity (Wildman–Crippen MR) is 52.9 cm³/mol. The maximum Gasteiger partial charge on any atom is 0.411 e. The van der Waals surface area contributed by atoms with Crippen LogP contribution in [0.15, 0.2) is 0 Å². The Hall–Kier alpha value is 0.0600. The number of thioether (sulfide) groups is 1. The number of hydrogen-bond acceptors (Lipinski definition) is 3. The standard InChI is InChI=1S/C9H15F3O2S/c10-9(11,12)6-14-3-1-2-7-4-15-5-8(7)13/h7-8,13H,1-6H2. The third kappa shape index (κ3) is 5.63.